The molecule has 0 radical (unpaired) electrons. The molecule has 2 rings (SSSR count). The third-order valence-electron chi connectivity index (χ3n) is 2.22. The Labute approximate surface area is 85.6 Å². The third-order valence-corrected chi connectivity index (χ3v) is 2.22. The number of anilines is 1. The van der Waals surface area contributed by atoms with Crippen LogP contribution in [0.1, 0.15) is 0 Å². The van der Waals surface area contributed by atoms with Crippen molar-refractivity contribution in [2.45, 2.75) is 0 Å². The summed E-state index contributed by atoms with van der Waals surface area (Å²) in [7, 11) is 0. The van der Waals surface area contributed by atoms with Gasteiger partial charge in [-0.3, -0.25) is 25.1 Å². The Hall–Kier alpha value is -1.95. The van der Waals surface area contributed by atoms with Gasteiger partial charge >= 0.3 is 0 Å². The van der Waals surface area contributed by atoms with Crippen LogP contribution in [0.3, 0.4) is 0 Å². The van der Waals surface area contributed by atoms with Crippen molar-refractivity contribution in [3.8, 4) is 0 Å². The smallest absolute Gasteiger partial charge is 0.269 e. The number of carbonyl (C=O) groups is 1. The van der Waals surface area contributed by atoms with Crippen molar-refractivity contribution >= 4 is 17.3 Å². The van der Waals surface area contributed by atoms with E-state index < -0.39 is 4.92 Å². The highest BCUT2D eigenvalue weighted by molar-refractivity contribution is 5.96. The van der Waals surface area contributed by atoms with Crippen molar-refractivity contribution in [3.63, 3.8) is 0 Å². The van der Waals surface area contributed by atoms with E-state index in [1.807, 2.05) is 0 Å². The number of rotatable bonds is 2. The van der Waals surface area contributed by atoms with Crippen LogP contribution in [0.5, 0.6) is 0 Å². The van der Waals surface area contributed by atoms with Crippen LogP contribution in [0.15, 0.2) is 24.3 Å². The molecule has 15 heavy (non-hydrogen) atoms. The lowest BCUT2D eigenvalue weighted by molar-refractivity contribution is -0.384. The molecule has 1 aliphatic rings. The maximum atomic E-state index is 11.3. The van der Waals surface area contributed by atoms with Crippen molar-refractivity contribution in [2.24, 2.45) is 0 Å². The van der Waals surface area contributed by atoms with E-state index in [1.165, 1.54) is 12.1 Å². The van der Waals surface area contributed by atoms with Gasteiger partial charge in [0.2, 0.25) is 5.91 Å². The molecule has 0 atom stereocenters. The highest BCUT2D eigenvalue weighted by Crippen LogP contribution is 2.20. The normalized spacial score (nSPS) is 15.7. The molecule has 0 bridgehead atoms. The molecule has 1 aliphatic heterocycles. The first-order chi connectivity index (χ1) is 7.18. The molecule has 1 aromatic carbocycles. The zero-order valence-electron chi connectivity index (χ0n) is 7.84. The fourth-order valence-corrected chi connectivity index (χ4v) is 1.45. The van der Waals surface area contributed by atoms with E-state index in [1.54, 1.807) is 17.0 Å². The zero-order valence-corrected chi connectivity index (χ0v) is 7.84. The highest BCUT2D eigenvalue weighted by atomic mass is 16.6. The van der Waals surface area contributed by atoms with Crippen LogP contribution in [0.2, 0.25) is 0 Å². The van der Waals surface area contributed by atoms with Gasteiger partial charge in [0, 0.05) is 17.8 Å². The Morgan fingerprint density at radius 2 is 2.00 bits per heavy atom. The third kappa shape index (κ3) is 1.79. The summed E-state index contributed by atoms with van der Waals surface area (Å²) in [6.45, 7) is 0.771. The monoisotopic (exact) mass is 207 g/mol. The molecule has 0 aliphatic carbocycles. The van der Waals surface area contributed by atoms with E-state index in [0.29, 0.717) is 18.9 Å². The number of amides is 1. The van der Waals surface area contributed by atoms with Gasteiger partial charge in [-0.25, -0.2) is 0 Å². The second-order valence-electron chi connectivity index (χ2n) is 3.18. The first kappa shape index (κ1) is 9.60. The van der Waals surface area contributed by atoms with Crippen LogP contribution < -0.4 is 10.2 Å². The minimum absolute atomic E-state index is 0.0242. The number of nitrogens with zero attached hydrogens (tertiary/aromatic N) is 2. The molecular weight excluding hydrogens is 198 g/mol. The predicted octanol–water partition coefficient (Wildman–Crippen LogP) is 0.488. The van der Waals surface area contributed by atoms with Gasteiger partial charge in [-0.15, -0.1) is 0 Å². The van der Waals surface area contributed by atoms with Gasteiger partial charge in [-0.05, 0) is 12.1 Å². The lowest BCUT2D eigenvalue weighted by atomic mass is 10.2. The Morgan fingerprint density at radius 1 is 1.33 bits per heavy atom. The van der Waals surface area contributed by atoms with Crippen LogP contribution in [0.25, 0.3) is 0 Å². The maximum absolute atomic E-state index is 11.3. The van der Waals surface area contributed by atoms with Crippen molar-refractivity contribution in [2.75, 3.05) is 18.1 Å². The molecule has 0 unspecified atom stereocenters. The number of benzene rings is 1. The standard InChI is InChI=1S/C9H9N3O3/c13-9-5-10-6-11(9)7-1-3-8(4-2-7)12(14)15/h1-4,10H,5-6H2. The van der Waals surface area contributed by atoms with Crippen LogP contribution in [0.4, 0.5) is 11.4 Å². The molecule has 1 amide bonds. The molecule has 1 heterocycles. The van der Waals surface area contributed by atoms with E-state index in [4.69, 9.17) is 0 Å². The van der Waals surface area contributed by atoms with Gasteiger partial charge in [0.05, 0.1) is 18.1 Å². The van der Waals surface area contributed by atoms with Crippen molar-refractivity contribution in [3.05, 3.63) is 34.4 Å². The van der Waals surface area contributed by atoms with Crippen LogP contribution in [-0.2, 0) is 4.79 Å². The van der Waals surface area contributed by atoms with Crippen molar-refractivity contribution < 1.29 is 9.72 Å². The van der Waals surface area contributed by atoms with Gasteiger partial charge in [0.25, 0.3) is 5.69 Å². The summed E-state index contributed by atoms with van der Waals surface area (Å²) in [5.74, 6) is -0.0242. The summed E-state index contributed by atoms with van der Waals surface area (Å²) in [5, 5.41) is 13.3. The summed E-state index contributed by atoms with van der Waals surface area (Å²) >= 11 is 0. The van der Waals surface area contributed by atoms with Gasteiger partial charge in [0.1, 0.15) is 0 Å². The molecule has 6 nitrogen and oxygen atoms in total. The van der Waals surface area contributed by atoms with Gasteiger partial charge in [0.15, 0.2) is 0 Å². The molecule has 1 N–H and O–H groups in total. The molecule has 1 aromatic rings. The van der Waals surface area contributed by atoms with Gasteiger partial charge in [-0.1, -0.05) is 0 Å². The lowest BCUT2D eigenvalue weighted by Gasteiger charge is -2.13. The maximum Gasteiger partial charge on any atom is 0.269 e. The SMILES string of the molecule is O=C1CNCN1c1ccc([N+](=O)[O-])cc1. The molecule has 1 fully saturated rings. The van der Waals surface area contributed by atoms with Crippen molar-refractivity contribution in [1.82, 2.24) is 5.32 Å². The predicted molar refractivity (Wildman–Crippen MR) is 53.5 cm³/mol. The Morgan fingerprint density at radius 3 is 2.47 bits per heavy atom. The number of hydrogen-bond donors (Lipinski definition) is 1. The summed E-state index contributed by atoms with van der Waals surface area (Å²) in [6.07, 6.45) is 0. The molecule has 0 saturated carbocycles. The van der Waals surface area contributed by atoms with Gasteiger partial charge < -0.3 is 0 Å². The van der Waals surface area contributed by atoms with E-state index in [2.05, 4.69) is 5.32 Å². The lowest BCUT2D eigenvalue weighted by Crippen LogP contribution is -2.25. The first-order valence-corrected chi connectivity index (χ1v) is 4.44. The van der Waals surface area contributed by atoms with Crippen LogP contribution >= 0.6 is 0 Å². The number of nitro benzene ring substituents is 1. The summed E-state index contributed by atoms with van der Waals surface area (Å²) in [4.78, 5) is 22.8. The molecule has 78 valence electrons. The Bertz CT molecular complexity index is 402. The fraction of sp³-hybridized carbons (Fsp3) is 0.222. The number of nitro groups is 1. The second kappa shape index (κ2) is 3.66. The van der Waals surface area contributed by atoms with Crippen molar-refractivity contribution in [1.29, 1.82) is 0 Å². The molecule has 0 aromatic heterocycles. The number of hydrogen-bond acceptors (Lipinski definition) is 4. The molecular formula is C9H9N3O3. The largest absolute Gasteiger partial charge is 0.298 e. The minimum atomic E-state index is -0.464. The zero-order chi connectivity index (χ0) is 10.8. The minimum Gasteiger partial charge on any atom is -0.298 e. The summed E-state index contributed by atoms with van der Waals surface area (Å²) < 4.78 is 0. The van der Waals surface area contributed by atoms with Crippen LogP contribution in [-0.4, -0.2) is 24.0 Å². The van der Waals surface area contributed by atoms with E-state index >= 15 is 0 Å². The Balaban J connectivity index is 2.23. The average Bonchev–Trinajstić information content (AvgIpc) is 2.65. The van der Waals surface area contributed by atoms with E-state index in [-0.39, 0.29) is 11.6 Å². The number of non-ortho nitro benzene ring substituents is 1. The molecule has 6 heteroatoms. The number of carbonyl (C=O) groups excluding carboxylic acids is 1. The summed E-state index contributed by atoms with van der Waals surface area (Å²) in [5.41, 5.74) is 0.703. The molecule has 0 spiro atoms. The summed E-state index contributed by atoms with van der Waals surface area (Å²) in [6, 6.07) is 5.92. The average molecular weight is 207 g/mol. The first-order valence-electron chi connectivity index (χ1n) is 4.44. The number of nitrogens with one attached hydrogen (secondary N) is 1. The molecule has 1 saturated heterocycles. The Kier molecular flexibility index (Phi) is 2.34. The topological polar surface area (TPSA) is 75.5 Å². The quantitative estimate of drug-likeness (QED) is 0.565. The van der Waals surface area contributed by atoms with E-state index in [9.17, 15) is 14.9 Å². The fourth-order valence-electron chi connectivity index (χ4n) is 1.45. The van der Waals surface area contributed by atoms with Crippen LogP contribution in [0, 0.1) is 10.1 Å². The second-order valence-corrected chi connectivity index (χ2v) is 3.18. The van der Waals surface area contributed by atoms with Gasteiger partial charge in [-0.2, -0.15) is 0 Å². The van der Waals surface area contributed by atoms with E-state index in [0.717, 1.165) is 0 Å². The highest BCUT2D eigenvalue weighted by Gasteiger charge is 2.21.